The minimum Gasteiger partial charge on any atom is -0.369 e. The molecule has 2 aliphatic rings. The molecule has 1 aromatic carbocycles. The molecule has 0 spiro atoms. The number of halogens is 1. The molecular formula is C17H25FN2. The van der Waals surface area contributed by atoms with Crippen LogP contribution in [0.4, 0.5) is 10.1 Å². The fourth-order valence-corrected chi connectivity index (χ4v) is 3.09. The molecule has 1 aromatic rings. The summed E-state index contributed by atoms with van der Waals surface area (Å²) in [6, 6.07) is 6.17. The van der Waals surface area contributed by atoms with E-state index in [-0.39, 0.29) is 5.82 Å². The number of para-hydroxylation sites is 1. The van der Waals surface area contributed by atoms with E-state index >= 15 is 0 Å². The van der Waals surface area contributed by atoms with E-state index in [1.54, 1.807) is 6.07 Å². The van der Waals surface area contributed by atoms with Crippen LogP contribution in [0, 0.1) is 11.7 Å². The molecule has 0 aromatic heterocycles. The number of hydrogen-bond donors (Lipinski definition) is 1. The Morgan fingerprint density at radius 2 is 2.05 bits per heavy atom. The molecule has 1 atom stereocenters. The van der Waals surface area contributed by atoms with E-state index < -0.39 is 0 Å². The van der Waals surface area contributed by atoms with Crippen LogP contribution in [0.5, 0.6) is 0 Å². The van der Waals surface area contributed by atoms with E-state index in [0.29, 0.717) is 6.04 Å². The summed E-state index contributed by atoms with van der Waals surface area (Å²) in [4.78, 5) is 2.27. The van der Waals surface area contributed by atoms with Gasteiger partial charge in [-0.1, -0.05) is 19.1 Å². The van der Waals surface area contributed by atoms with Crippen LogP contribution in [0.25, 0.3) is 0 Å². The molecule has 1 saturated heterocycles. The van der Waals surface area contributed by atoms with Crippen LogP contribution in [-0.2, 0) is 6.54 Å². The van der Waals surface area contributed by atoms with Crippen LogP contribution in [0.15, 0.2) is 18.2 Å². The number of anilines is 1. The normalized spacial score (nSPS) is 23.7. The maximum Gasteiger partial charge on any atom is 0.146 e. The minimum absolute atomic E-state index is 0.0605. The zero-order chi connectivity index (χ0) is 13.9. The molecule has 0 bridgehead atoms. The second-order valence-corrected chi connectivity index (χ2v) is 6.43. The molecule has 110 valence electrons. The Morgan fingerprint density at radius 1 is 1.20 bits per heavy atom. The van der Waals surface area contributed by atoms with Crippen molar-refractivity contribution in [3.63, 3.8) is 0 Å². The summed E-state index contributed by atoms with van der Waals surface area (Å²) >= 11 is 0. The van der Waals surface area contributed by atoms with Crippen molar-refractivity contribution in [2.75, 3.05) is 18.0 Å². The second kappa shape index (κ2) is 6.13. The lowest BCUT2D eigenvalue weighted by Crippen LogP contribution is -2.28. The van der Waals surface area contributed by atoms with Gasteiger partial charge in [0.05, 0.1) is 5.69 Å². The summed E-state index contributed by atoms with van der Waals surface area (Å²) in [5.74, 6) is 0.703. The van der Waals surface area contributed by atoms with E-state index in [9.17, 15) is 4.39 Å². The van der Waals surface area contributed by atoms with Crippen LogP contribution in [0.3, 0.4) is 0 Å². The zero-order valence-electron chi connectivity index (χ0n) is 12.4. The Labute approximate surface area is 121 Å². The van der Waals surface area contributed by atoms with Crippen molar-refractivity contribution < 1.29 is 4.39 Å². The van der Waals surface area contributed by atoms with Crippen molar-refractivity contribution in [1.29, 1.82) is 0 Å². The quantitative estimate of drug-likeness (QED) is 0.902. The Morgan fingerprint density at radius 3 is 2.85 bits per heavy atom. The van der Waals surface area contributed by atoms with Gasteiger partial charge in [0, 0.05) is 25.7 Å². The van der Waals surface area contributed by atoms with Crippen LogP contribution < -0.4 is 10.2 Å². The topological polar surface area (TPSA) is 15.3 Å². The summed E-state index contributed by atoms with van der Waals surface area (Å²) in [6.45, 7) is 5.07. The van der Waals surface area contributed by atoms with Crippen molar-refractivity contribution in [3.8, 4) is 0 Å². The smallest absolute Gasteiger partial charge is 0.146 e. The Bertz CT molecular complexity index is 456. The van der Waals surface area contributed by atoms with Crippen LogP contribution in [0.2, 0.25) is 0 Å². The van der Waals surface area contributed by atoms with Crippen molar-refractivity contribution >= 4 is 5.69 Å². The Balaban J connectivity index is 1.78. The van der Waals surface area contributed by atoms with Crippen LogP contribution in [0.1, 0.15) is 44.6 Å². The first kappa shape index (κ1) is 13.9. The number of hydrogen-bond acceptors (Lipinski definition) is 2. The van der Waals surface area contributed by atoms with Crippen molar-refractivity contribution in [1.82, 2.24) is 5.32 Å². The van der Waals surface area contributed by atoms with E-state index in [1.807, 2.05) is 6.07 Å². The highest BCUT2D eigenvalue weighted by Crippen LogP contribution is 2.29. The third-order valence-electron chi connectivity index (χ3n) is 4.56. The highest BCUT2D eigenvalue weighted by molar-refractivity contribution is 5.55. The molecule has 3 heteroatoms. The first-order valence-electron chi connectivity index (χ1n) is 8.00. The van der Waals surface area contributed by atoms with Gasteiger partial charge in [-0.3, -0.25) is 0 Å². The first-order valence-corrected chi connectivity index (χ1v) is 8.00. The zero-order valence-corrected chi connectivity index (χ0v) is 12.4. The predicted molar refractivity (Wildman–Crippen MR) is 81.5 cm³/mol. The van der Waals surface area contributed by atoms with E-state index in [4.69, 9.17) is 0 Å². The molecule has 1 aliphatic carbocycles. The fourth-order valence-electron chi connectivity index (χ4n) is 3.09. The monoisotopic (exact) mass is 276 g/mol. The summed E-state index contributed by atoms with van der Waals surface area (Å²) in [5.41, 5.74) is 1.96. The number of benzene rings is 1. The highest BCUT2D eigenvalue weighted by Gasteiger charge is 2.23. The van der Waals surface area contributed by atoms with Gasteiger partial charge in [-0.15, -0.1) is 0 Å². The molecule has 1 aliphatic heterocycles. The molecule has 20 heavy (non-hydrogen) atoms. The first-order chi connectivity index (χ1) is 9.74. The largest absolute Gasteiger partial charge is 0.369 e. The molecule has 0 radical (unpaired) electrons. The highest BCUT2D eigenvalue weighted by atomic mass is 19.1. The van der Waals surface area contributed by atoms with E-state index in [0.717, 1.165) is 36.8 Å². The summed E-state index contributed by atoms with van der Waals surface area (Å²) in [7, 11) is 0. The second-order valence-electron chi connectivity index (χ2n) is 6.43. The van der Waals surface area contributed by atoms with E-state index in [2.05, 4.69) is 23.2 Å². The fraction of sp³-hybridized carbons (Fsp3) is 0.647. The molecule has 1 saturated carbocycles. The van der Waals surface area contributed by atoms with Gasteiger partial charge >= 0.3 is 0 Å². The SMILES string of the molecule is CC1CCCN(c2c(F)cccc2CNC2CC2)CC1. The third kappa shape index (κ3) is 3.32. The third-order valence-corrected chi connectivity index (χ3v) is 4.56. The molecule has 1 N–H and O–H groups in total. The number of nitrogens with one attached hydrogen (secondary N) is 1. The maximum absolute atomic E-state index is 14.3. The van der Waals surface area contributed by atoms with Gasteiger partial charge in [-0.2, -0.15) is 0 Å². The molecule has 0 amide bonds. The van der Waals surface area contributed by atoms with Crippen LogP contribution in [-0.4, -0.2) is 19.1 Å². The van der Waals surface area contributed by atoms with Gasteiger partial charge in [0.1, 0.15) is 5.82 Å². The lowest BCUT2D eigenvalue weighted by molar-refractivity contribution is 0.520. The molecular weight excluding hydrogens is 251 g/mol. The number of rotatable bonds is 4. The molecule has 1 heterocycles. The molecule has 3 rings (SSSR count). The van der Waals surface area contributed by atoms with Gasteiger partial charge < -0.3 is 10.2 Å². The predicted octanol–water partition coefficient (Wildman–Crippen LogP) is 3.70. The Hall–Kier alpha value is -1.09. The van der Waals surface area contributed by atoms with Gasteiger partial charge in [0.15, 0.2) is 0 Å². The van der Waals surface area contributed by atoms with Crippen molar-refractivity contribution in [2.45, 2.75) is 51.6 Å². The summed E-state index contributed by atoms with van der Waals surface area (Å²) < 4.78 is 14.3. The van der Waals surface area contributed by atoms with E-state index in [1.165, 1.54) is 32.1 Å². The average molecular weight is 276 g/mol. The van der Waals surface area contributed by atoms with Gasteiger partial charge in [0.2, 0.25) is 0 Å². The lowest BCUT2D eigenvalue weighted by atomic mass is 10.0. The minimum atomic E-state index is -0.0605. The van der Waals surface area contributed by atoms with Crippen LogP contribution >= 0.6 is 0 Å². The maximum atomic E-state index is 14.3. The van der Waals surface area contributed by atoms with Crippen molar-refractivity contribution in [2.24, 2.45) is 5.92 Å². The molecule has 2 nitrogen and oxygen atoms in total. The Kier molecular flexibility index (Phi) is 4.25. The summed E-state index contributed by atoms with van der Waals surface area (Å²) in [6.07, 6.45) is 6.15. The summed E-state index contributed by atoms with van der Waals surface area (Å²) in [5, 5.41) is 3.51. The van der Waals surface area contributed by atoms with Gasteiger partial charge in [-0.25, -0.2) is 4.39 Å². The molecule has 2 fully saturated rings. The standard InChI is InChI=1S/C17H25FN2/c1-13-4-3-10-20(11-9-13)17-14(5-2-6-16(17)18)12-19-15-7-8-15/h2,5-6,13,15,19H,3-4,7-12H2,1H3. The number of nitrogens with zero attached hydrogens (tertiary/aromatic N) is 1. The lowest BCUT2D eigenvalue weighted by Gasteiger charge is -2.26. The van der Waals surface area contributed by atoms with Gasteiger partial charge in [0.25, 0.3) is 0 Å². The van der Waals surface area contributed by atoms with Gasteiger partial charge in [-0.05, 0) is 49.7 Å². The van der Waals surface area contributed by atoms with Crippen molar-refractivity contribution in [3.05, 3.63) is 29.6 Å². The molecule has 1 unspecified atom stereocenters. The average Bonchev–Trinajstić information content (AvgIpc) is 3.25.